The molecule has 4 heteroatoms. The van der Waals surface area contributed by atoms with Gasteiger partial charge in [-0.2, -0.15) is 0 Å². The Morgan fingerprint density at radius 3 is 2.67 bits per heavy atom. The molecule has 2 rings (SSSR count). The maximum Gasteiger partial charge on any atom is 0.307 e. The van der Waals surface area contributed by atoms with Gasteiger partial charge in [0.15, 0.2) is 0 Å². The fraction of sp³-hybridized carbons (Fsp3) is 0.429. The van der Waals surface area contributed by atoms with E-state index in [2.05, 4.69) is 5.32 Å². The molecule has 1 saturated carbocycles. The molecule has 96 valence electrons. The second kappa shape index (κ2) is 4.80. The number of hydrogen-bond donors (Lipinski definition) is 2. The first-order valence-electron chi connectivity index (χ1n) is 6.05. The predicted molar refractivity (Wildman–Crippen MR) is 67.0 cm³/mol. The van der Waals surface area contributed by atoms with Crippen molar-refractivity contribution in [3.8, 4) is 0 Å². The monoisotopic (exact) mass is 247 g/mol. The van der Waals surface area contributed by atoms with Crippen molar-refractivity contribution in [2.45, 2.75) is 26.8 Å². The molecule has 2 unspecified atom stereocenters. The van der Waals surface area contributed by atoms with Crippen molar-refractivity contribution in [3.63, 3.8) is 0 Å². The fourth-order valence-electron chi connectivity index (χ4n) is 2.06. The molecule has 18 heavy (non-hydrogen) atoms. The first kappa shape index (κ1) is 12.6. The summed E-state index contributed by atoms with van der Waals surface area (Å²) in [5.41, 5.74) is 3.36. The van der Waals surface area contributed by atoms with Crippen LogP contribution in [0.3, 0.4) is 0 Å². The number of aryl methyl sites for hydroxylation is 2. The van der Waals surface area contributed by atoms with Crippen molar-refractivity contribution in [1.29, 1.82) is 0 Å². The Balaban J connectivity index is 1.90. The van der Waals surface area contributed by atoms with E-state index in [1.807, 2.05) is 32.0 Å². The highest BCUT2D eigenvalue weighted by Gasteiger charge is 2.48. The molecule has 0 spiro atoms. The van der Waals surface area contributed by atoms with Gasteiger partial charge in [-0.25, -0.2) is 0 Å². The van der Waals surface area contributed by atoms with Crippen LogP contribution in [0, 0.1) is 25.7 Å². The van der Waals surface area contributed by atoms with E-state index >= 15 is 0 Å². The molecule has 0 bridgehead atoms. The minimum Gasteiger partial charge on any atom is -0.481 e. The average Bonchev–Trinajstić information content (AvgIpc) is 3.10. The van der Waals surface area contributed by atoms with Gasteiger partial charge in [-0.15, -0.1) is 0 Å². The number of hydrogen-bond acceptors (Lipinski definition) is 2. The average molecular weight is 247 g/mol. The number of carboxylic acids is 1. The minimum absolute atomic E-state index is 0.150. The summed E-state index contributed by atoms with van der Waals surface area (Å²) >= 11 is 0. The zero-order valence-corrected chi connectivity index (χ0v) is 10.6. The third-order valence-electron chi connectivity index (χ3n) is 3.40. The molecule has 1 aliphatic carbocycles. The number of carboxylic acid groups (broad SMARTS) is 1. The Kier molecular flexibility index (Phi) is 3.36. The van der Waals surface area contributed by atoms with E-state index in [0.717, 1.165) is 16.7 Å². The number of aliphatic carboxylic acids is 1. The van der Waals surface area contributed by atoms with Crippen molar-refractivity contribution in [2.75, 3.05) is 0 Å². The number of carbonyl (C=O) groups excluding carboxylic acids is 1. The van der Waals surface area contributed by atoms with Crippen molar-refractivity contribution in [1.82, 2.24) is 5.32 Å². The highest BCUT2D eigenvalue weighted by Crippen LogP contribution is 2.38. The van der Waals surface area contributed by atoms with Crippen LogP contribution < -0.4 is 5.32 Å². The summed E-state index contributed by atoms with van der Waals surface area (Å²) < 4.78 is 0. The molecular formula is C14H17NO3. The molecule has 1 aromatic carbocycles. The summed E-state index contributed by atoms with van der Waals surface area (Å²) in [6.07, 6.45) is 0.466. The van der Waals surface area contributed by atoms with Crippen LogP contribution in [0.4, 0.5) is 0 Å². The van der Waals surface area contributed by atoms with Crippen molar-refractivity contribution < 1.29 is 14.7 Å². The SMILES string of the molecule is Cc1ccc(C)c(CNC(=O)C2CC2C(=O)O)c1. The summed E-state index contributed by atoms with van der Waals surface area (Å²) in [6, 6.07) is 6.09. The summed E-state index contributed by atoms with van der Waals surface area (Å²) in [6.45, 7) is 4.47. The number of benzene rings is 1. The quantitative estimate of drug-likeness (QED) is 0.850. The third-order valence-corrected chi connectivity index (χ3v) is 3.40. The molecule has 0 radical (unpaired) electrons. The molecule has 1 amide bonds. The number of nitrogens with one attached hydrogen (secondary N) is 1. The maximum absolute atomic E-state index is 11.7. The fourth-order valence-corrected chi connectivity index (χ4v) is 2.06. The minimum atomic E-state index is -0.873. The lowest BCUT2D eigenvalue weighted by Gasteiger charge is -2.08. The van der Waals surface area contributed by atoms with Gasteiger partial charge < -0.3 is 10.4 Å². The molecule has 0 heterocycles. The Bertz CT molecular complexity index is 496. The lowest BCUT2D eigenvalue weighted by molar-refractivity contribution is -0.140. The van der Waals surface area contributed by atoms with E-state index in [1.54, 1.807) is 0 Å². The van der Waals surface area contributed by atoms with Gasteiger partial charge in [0.1, 0.15) is 0 Å². The van der Waals surface area contributed by atoms with Crippen LogP contribution in [0.25, 0.3) is 0 Å². The molecule has 2 N–H and O–H groups in total. The number of rotatable bonds is 4. The molecule has 1 aliphatic rings. The van der Waals surface area contributed by atoms with Gasteiger partial charge in [0, 0.05) is 6.54 Å². The standard InChI is InChI=1S/C14H17NO3/c1-8-3-4-9(2)10(5-8)7-15-13(16)11-6-12(11)14(17)18/h3-5,11-12H,6-7H2,1-2H3,(H,15,16)(H,17,18). The normalized spacial score (nSPS) is 21.4. The highest BCUT2D eigenvalue weighted by atomic mass is 16.4. The van der Waals surface area contributed by atoms with Gasteiger partial charge in [0.2, 0.25) is 5.91 Å². The summed E-state index contributed by atoms with van der Waals surface area (Å²) in [4.78, 5) is 22.4. The summed E-state index contributed by atoms with van der Waals surface area (Å²) in [7, 11) is 0. The summed E-state index contributed by atoms with van der Waals surface area (Å²) in [5, 5.41) is 11.6. The Morgan fingerprint density at radius 2 is 2.06 bits per heavy atom. The van der Waals surface area contributed by atoms with E-state index in [1.165, 1.54) is 0 Å². The Morgan fingerprint density at radius 1 is 1.33 bits per heavy atom. The van der Waals surface area contributed by atoms with E-state index in [-0.39, 0.29) is 11.8 Å². The zero-order chi connectivity index (χ0) is 13.3. The Hall–Kier alpha value is -1.84. The highest BCUT2D eigenvalue weighted by molar-refractivity contribution is 5.89. The predicted octanol–water partition coefficient (Wildman–Crippen LogP) is 1.64. The smallest absolute Gasteiger partial charge is 0.307 e. The third kappa shape index (κ3) is 2.70. The van der Waals surface area contributed by atoms with Crippen molar-refractivity contribution in [2.24, 2.45) is 11.8 Å². The molecule has 4 nitrogen and oxygen atoms in total. The van der Waals surface area contributed by atoms with Gasteiger partial charge in [-0.05, 0) is 31.4 Å². The van der Waals surface area contributed by atoms with Gasteiger partial charge in [0.05, 0.1) is 11.8 Å². The second-order valence-corrected chi connectivity index (χ2v) is 4.93. The number of amides is 1. The topological polar surface area (TPSA) is 66.4 Å². The lowest BCUT2D eigenvalue weighted by Crippen LogP contribution is -2.26. The van der Waals surface area contributed by atoms with Gasteiger partial charge >= 0.3 is 5.97 Å². The van der Waals surface area contributed by atoms with Crippen LogP contribution in [0.1, 0.15) is 23.1 Å². The number of carbonyl (C=O) groups is 2. The molecule has 1 aromatic rings. The first-order chi connectivity index (χ1) is 8.49. The van der Waals surface area contributed by atoms with Crippen LogP contribution >= 0.6 is 0 Å². The maximum atomic E-state index is 11.7. The van der Waals surface area contributed by atoms with Crippen molar-refractivity contribution in [3.05, 3.63) is 34.9 Å². The van der Waals surface area contributed by atoms with Gasteiger partial charge in [-0.1, -0.05) is 23.8 Å². The summed E-state index contributed by atoms with van der Waals surface area (Å²) in [5.74, 6) is -1.85. The van der Waals surface area contributed by atoms with E-state index in [4.69, 9.17) is 5.11 Å². The van der Waals surface area contributed by atoms with Crippen LogP contribution in [0.2, 0.25) is 0 Å². The molecule has 0 aliphatic heterocycles. The molecule has 0 aromatic heterocycles. The first-order valence-corrected chi connectivity index (χ1v) is 6.05. The largest absolute Gasteiger partial charge is 0.481 e. The van der Waals surface area contributed by atoms with Gasteiger partial charge in [0.25, 0.3) is 0 Å². The van der Waals surface area contributed by atoms with Crippen LogP contribution in [0.5, 0.6) is 0 Å². The van der Waals surface area contributed by atoms with Crippen LogP contribution in [-0.4, -0.2) is 17.0 Å². The molecule has 0 saturated heterocycles. The van der Waals surface area contributed by atoms with E-state index < -0.39 is 11.9 Å². The van der Waals surface area contributed by atoms with Gasteiger partial charge in [-0.3, -0.25) is 9.59 Å². The van der Waals surface area contributed by atoms with Crippen LogP contribution in [-0.2, 0) is 16.1 Å². The van der Waals surface area contributed by atoms with Crippen LogP contribution in [0.15, 0.2) is 18.2 Å². The lowest BCUT2D eigenvalue weighted by atomic mass is 10.1. The van der Waals surface area contributed by atoms with E-state index in [9.17, 15) is 9.59 Å². The van der Waals surface area contributed by atoms with E-state index in [0.29, 0.717) is 13.0 Å². The Labute approximate surface area is 106 Å². The zero-order valence-electron chi connectivity index (χ0n) is 10.6. The second-order valence-electron chi connectivity index (χ2n) is 4.93. The molecule has 2 atom stereocenters. The molecular weight excluding hydrogens is 230 g/mol. The van der Waals surface area contributed by atoms with Crippen molar-refractivity contribution >= 4 is 11.9 Å². The molecule has 1 fully saturated rings.